The van der Waals surface area contributed by atoms with E-state index >= 15 is 0 Å². The van der Waals surface area contributed by atoms with Gasteiger partial charge in [-0.1, -0.05) is 30.3 Å². The fraction of sp³-hybridized carbons (Fsp3) is 0.462. The van der Waals surface area contributed by atoms with E-state index in [1.807, 2.05) is 30.3 Å². The highest BCUT2D eigenvalue weighted by Gasteiger charge is 2.24. The van der Waals surface area contributed by atoms with Gasteiger partial charge in [0.15, 0.2) is 0 Å². The lowest BCUT2D eigenvalue weighted by molar-refractivity contribution is -0.118. The molecule has 2 rings (SSSR count). The van der Waals surface area contributed by atoms with Crippen LogP contribution in [0.2, 0.25) is 0 Å². The molecule has 1 saturated heterocycles. The van der Waals surface area contributed by atoms with Crippen LogP contribution >= 0.6 is 0 Å². The van der Waals surface area contributed by atoms with Crippen molar-refractivity contribution in [3.8, 4) is 0 Å². The first kappa shape index (κ1) is 11.3. The number of hydrogen-bond donors (Lipinski definition) is 0. The van der Waals surface area contributed by atoms with Crippen molar-refractivity contribution in [3.63, 3.8) is 0 Å². The van der Waals surface area contributed by atoms with Crippen LogP contribution in [0.4, 0.5) is 0 Å². The molecule has 1 aromatic rings. The predicted molar refractivity (Wildman–Crippen MR) is 60.1 cm³/mol. The summed E-state index contributed by atoms with van der Waals surface area (Å²) in [4.78, 5) is 10.5. The summed E-state index contributed by atoms with van der Waals surface area (Å²) in [6.07, 6.45) is 2.47. The Bertz CT molecular complexity index is 323. The molecule has 0 amide bonds. The summed E-state index contributed by atoms with van der Waals surface area (Å²) in [7, 11) is 0. The lowest BCUT2D eigenvalue weighted by Gasteiger charge is -2.11. The smallest absolute Gasteiger partial charge is 0.148 e. The third kappa shape index (κ3) is 3.15. The van der Waals surface area contributed by atoms with E-state index in [0.717, 1.165) is 24.7 Å². The molecule has 0 bridgehead atoms. The first-order valence-electron chi connectivity index (χ1n) is 5.61. The van der Waals surface area contributed by atoms with Gasteiger partial charge in [0.2, 0.25) is 0 Å². The van der Waals surface area contributed by atoms with Crippen LogP contribution in [0.3, 0.4) is 0 Å². The molecule has 0 aliphatic carbocycles. The molecule has 2 atom stereocenters. The van der Waals surface area contributed by atoms with E-state index in [1.165, 1.54) is 0 Å². The molecule has 0 N–H and O–H groups in total. The minimum atomic E-state index is -0.217. The fourth-order valence-electron chi connectivity index (χ4n) is 1.84. The summed E-state index contributed by atoms with van der Waals surface area (Å²) < 4.78 is 11.0. The zero-order valence-electron chi connectivity index (χ0n) is 9.17. The fourth-order valence-corrected chi connectivity index (χ4v) is 1.84. The second kappa shape index (κ2) is 5.77. The van der Waals surface area contributed by atoms with Crippen molar-refractivity contribution in [2.75, 3.05) is 6.61 Å². The number of carbonyl (C=O) groups excluding carboxylic acids is 1. The molecule has 1 aliphatic rings. The predicted octanol–water partition coefficient (Wildman–Crippen LogP) is 1.95. The van der Waals surface area contributed by atoms with Gasteiger partial charge in [-0.15, -0.1) is 0 Å². The zero-order chi connectivity index (χ0) is 11.2. The van der Waals surface area contributed by atoms with Crippen molar-refractivity contribution in [2.24, 2.45) is 0 Å². The Kier molecular flexibility index (Phi) is 4.08. The van der Waals surface area contributed by atoms with Crippen LogP contribution in [-0.2, 0) is 20.9 Å². The highest BCUT2D eigenvalue weighted by molar-refractivity contribution is 5.56. The lowest BCUT2D eigenvalue weighted by Crippen LogP contribution is -2.17. The monoisotopic (exact) mass is 220 g/mol. The summed E-state index contributed by atoms with van der Waals surface area (Å²) in [5.74, 6) is 0. The van der Waals surface area contributed by atoms with Crippen LogP contribution < -0.4 is 0 Å². The number of rotatable bonds is 5. The number of aldehydes is 1. The highest BCUT2D eigenvalue weighted by Crippen LogP contribution is 2.18. The molecule has 16 heavy (non-hydrogen) atoms. The van der Waals surface area contributed by atoms with Gasteiger partial charge in [-0.05, 0) is 18.4 Å². The van der Waals surface area contributed by atoms with Gasteiger partial charge in [0.05, 0.1) is 19.3 Å². The Morgan fingerprint density at radius 2 is 2.12 bits per heavy atom. The van der Waals surface area contributed by atoms with Gasteiger partial charge in [-0.2, -0.15) is 0 Å². The van der Waals surface area contributed by atoms with Gasteiger partial charge in [-0.25, -0.2) is 0 Å². The maximum Gasteiger partial charge on any atom is 0.148 e. The molecule has 1 aromatic carbocycles. The van der Waals surface area contributed by atoms with Crippen molar-refractivity contribution >= 4 is 6.29 Å². The molecule has 1 fully saturated rings. The quantitative estimate of drug-likeness (QED) is 0.711. The average molecular weight is 220 g/mol. The largest absolute Gasteiger partial charge is 0.374 e. The van der Waals surface area contributed by atoms with Crippen LogP contribution in [0.1, 0.15) is 18.4 Å². The Hall–Kier alpha value is -1.19. The molecule has 3 nitrogen and oxygen atoms in total. The molecule has 0 spiro atoms. The van der Waals surface area contributed by atoms with Crippen LogP contribution in [0, 0.1) is 0 Å². The maximum atomic E-state index is 10.5. The second-order valence-corrected chi connectivity index (χ2v) is 4.01. The topological polar surface area (TPSA) is 35.5 Å². The highest BCUT2D eigenvalue weighted by atomic mass is 16.5. The van der Waals surface area contributed by atoms with Crippen LogP contribution in [0.25, 0.3) is 0 Å². The van der Waals surface area contributed by atoms with Crippen molar-refractivity contribution < 1.29 is 14.3 Å². The summed E-state index contributed by atoms with van der Waals surface area (Å²) in [6, 6.07) is 10.0. The minimum absolute atomic E-state index is 0.0823. The second-order valence-electron chi connectivity index (χ2n) is 4.01. The Morgan fingerprint density at radius 3 is 2.81 bits per heavy atom. The van der Waals surface area contributed by atoms with E-state index in [4.69, 9.17) is 9.47 Å². The van der Waals surface area contributed by atoms with Gasteiger partial charge < -0.3 is 14.3 Å². The van der Waals surface area contributed by atoms with E-state index in [1.54, 1.807) is 0 Å². The van der Waals surface area contributed by atoms with Gasteiger partial charge in [0.1, 0.15) is 12.4 Å². The average Bonchev–Trinajstić information content (AvgIpc) is 2.78. The van der Waals surface area contributed by atoms with E-state index < -0.39 is 0 Å². The molecule has 0 radical (unpaired) electrons. The molecule has 0 saturated carbocycles. The van der Waals surface area contributed by atoms with E-state index in [0.29, 0.717) is 13.2 Å². The number of benzene rings is 1. The zero-order valence-corrected chi connectivity index (χ0v) is 9.17. The van der Waals surface area contributed by atoms with Crippen LogP contribution in [0.15, 0.2) is 30.3 Å². The molecular weight excluding hydrogens is 204 g/mol. The molecule has 0 aromatic heterocycles. The SMILES string of the molecule is O=C[C@@H]1CC[C@H](COCc2ccccc2)O1. The minimum Gasteiger partial charge on any atom is -0.374 e. The third-order valence-corrected chi connectivity index (χ3v) is 2.71. The van der Waals surface area contributed by atoms with Crippen molar-refractivity contribution in [1.29, 1.82) is 0 Å². The Balaban J connectivity index is 1.67. The van der Waals surface area contributed by atoms with Crippen molar-refractivity contribution in [3.05, 3.63) is 35.9 Å². The van der Waals surface area contributed by atoms with Crippen LogP contribution in [-0.4, -0.2) is 25.1 Å². The summed E-state index contributed by atoms with van der Waals surface area (Å²) in [5, 5.41) is 0. The van der Waals surface area contributed by atoms with Gasteiger partial charge in [-0.3, -0.25) is 0 Å². The van der Waals surface area contributed by atoms with Gasteiger partial charge in [0.25, 0.3) is 0 Å². The molecular formula is C13H16O3. The van der Waals surface area contributed by atoms with Gasteiger partial charge in [0, 0.05) is 0 Å². The third-order valence-electron chi connectivity index (χ3n) is 2.71. The first-order chi connectivity index (χ1) is 7.88. The van der Waals surface area contributed by atoms with E-state index in [9.17, 15) is 4.79 Å². The van der Waals surface area contributed by atoms with E-state index in [2.05, 4.69) is 0 Å². The van der Waals surface area contributed by atoms with Crippen molar-refractivity contribution in [2.45, 2.75) is 31.7 Å². The number of ether oxygens (including phenoxy) is 2. The van der Waals surface area contributed by atoms with Crippen molar-refractivity contribution in [1.82, 2.24) is 0 Å². The maximum absolute atomic E-state index is 10.5. The first-order valence-corrected chi connectivity index (χ1v) is 5.61. The summed E-state index contributed by atoms with van der Waals surface area (Å²) in [5.41, 5.74) is 1.16. The molecule has 86 valence electrons. The molecule has 3 heteroatoms. The van der Waals surface area contributed by atoms with Crippen LogP contribution in [0.5, 0.6) is 0 Å². The standard InChI is InChI=1S/C13H16O3/c14-8-12-6-7-13(16-12)10-15-9-11-4-2-1-3-5-11/h1-5,8,12-13H,6-7,9-10H2/t12-,13+/m0/s1. The summed E-state index contributed by atoms with van der Waals surface area (Å²) in [6.45, 7) is 1.17. The summed E-state index contributed by atoms with van der Waals surface area (Å²) >= 11 is 0. The molecule has 1 aliphatic heterocycles. The number of carbonyl (C=O) groups is 1. The Labute approximate surface area is 95.4 Å². The Morgan fingerprint density at radius 1 is 1.31 bits per heavy atom. The lowest BCUT2D eigenvalue weighted by atomic mass is 10.2. The normalized spacial score (nSPS) is 24.5. The molecule has 0 unspecified atom stereocenters. The number of hydrogen-bond acceptors (Lipinski definition) is 3. The molecule has 1 heterocycles. The van der Waals surface area contributed by atoms with E-state index in [-0.39, 0.29) is 12.2 Å². The van der Waals surface area contributed by atoms with Gasteiger partial charge >= 0.3 is 0 Å².